The Labute approximate surface area is 107 Å². The Morgan fingerprint density at radius 1 is 1.41 bits per heavy atom. The molecule has 1 aliphatic rings. The van der Waals surface area contributed by atoms with E-state index in [0.29, 0.717) is 0 Å². The Kier molecular flexibility index (Phi) is 6.55. The van der Waals surface area contributed by atoms with Crippen LogP contribution < -0.4 is 5.32 Å². The van der Waals surface area contributed by atoms with Crippen LogP contribution in [0.4, 0.5) is 4.79 Å². The molecule has 0 aromatic carbocycles. The lowest BCUT2D eigenvalue weighted by Gasteiger charge is -2.22. The smallest absolute Gasteiger partial charge is 0.407 e. The lowest BCUT2D eigenvalue weighted by molar-refractivity contribution is 0.151. The molecule has 1 fully saturated rings. The van der Waals surface area contributed by atoms with Crippen LogP contribution in [0.5, 0.6) is 0 Å². The predicted octanol–water partition coefficient (Wildman–Crippen LogP) is 2.91. The van der Waals surface area contributed by atoms with Gasteiger partial charge in [0.25, 0.3) is 0 Å². The molecule has 1 heterocycles. The summed E-state index contributed by atoms with van der Waals surface area (Å²) in [5.41, 5.74) is 0.842. The number of hydrogen-bond acceptors (Lipinski definition) is 3. The van der Waals surface area contributed by atoms with Crippen molar-refractivity contribution in [3.63, 3.8) is 0 Å². The average molecular weight is 253 g/mol. The number of rotatable bonds is 5. The number of thioether (sulfide) groups is 1. The fourth-order valence-corrected chi connectivity index (χ4v) is 2.63. The van der Waals surface area contributed by atoms with Crippen LogP contribution in [0.15, 0.2) is 37.0 Å². The largest absolute Gasteiger partial charge is 0.445 e. The van der Waals surface area contributed by atoms with Crippen molar-refractivity contribution < 1.29 is 9.53 Å². The van der Waals surface area contributed by atoms with Crippen LogP contribution in [0.25, 0.3) is 0 Å². The molecule has 0 atom stereocenters. The van der Waals surface area contributed by atoms with Crippen LogP contribution in [-0.2, 0) is 4.74 Å². The summed E-state index contributed by atoms with van der Waals surface area (Å²) in [6, 6.07) is 0.263. The summed E-state index contributed by atoms with van der Waals surface area (Å²) in [6.07, 6.45) is 6.78. The molecule has 1 aliphatic heterocycles. The molecule has 1 rings (SSSR count). The third kappa shape index (κ3) is 5.63. The Balaban J connectivity index is 2.26. The van der Waals surface area contributed by atoms with Gasteiger partial charge >= 0.3 is 6.09 Å². The van der Waals surface area contributed by atoms with E-state index in [9.17, 15) is 4.79 Å². The van der Waals surface area contributed by atoms with E-state index in [0.717, 1.165) is 29.9 Å². The maximum Gasteiger partial charge on any atom is 0.407 e. The lowest BCUT2D eigenvalue weighted by Crippen LogP contribution is -2.37. The molecule has 3 nitrogen and oxygen atoms in total. The van der Waals surface area contributed by atoms with Gasteiger partial charge in [0.15, 0.2) is 0 Å². The van der Waals surface area contributed by atoms with E-state index in [4.69, 9.17) is 4.74 Å². The van der Waals surface area contributed by atoms with Crippen molar-refractivity contribution in [2.24, 2.45) is 0 Å². The topological polar surface area (TPSA) is 38.3 Å². The zero-order valence-corrected chi connectivity index (χ0v) is 10.8. The summed E-state index contributed by atoms with van der Waals surface area (Å²) >= 11 is 1.93. The number of ether oxygens (including phenoxy) is 1. The van der Waals surface area contributed by atoms with Gasteiger partial charge in [-0.1, -0.05) is 31.4 Å². The normalized spacial score (nSPS) is 17.3. The van der Waals surface area contributed by atoms with Crippen molar-refractivity contribution in [2.75, 3.05) is 18.1 Å². The number of alkyl carbamates (subject to hydrolysis) is 1. The van der Waals surface area contributed by atoms with Gasteiger partial charge in [0.1, 0.15) is 6.61 Å². The fourth-order valence-electron chi connectivity index (χ4n) is 1.53. The minimum Gasteiger partial charge on any atom is -0.445 e. The molecule has 1 N–H and O–H groups in total. The first-order chi connectivity index (χ1) is 8.26. The quantitative estimate of drug-likeness (QED) is 0.766. The van der Waals surface area contributed by atoms with Gasteiger partial charge in [-0.05, 0) is 29.9 Å². The third-order valence-electron chi connectivity index (χ3n) is 2.51. The van der Waals surface area contributed by atoms with Crippen molar-refractivity contribution in [3.8, 4) is 0 Å². The second kappa shape index (κ2) is 8.01. The highest BCUT2D eigenvalue weighted by Crippen LogP contribution is 2.16. The molecule has 1 saturated heterocycles. The van der Waals surface area contributed by atoms with Gasteiger partial charge in [-0.2, -0.15) is 11.8 Å². The Hall–Kier alpha value is -1.16. The molecule has 0 radical (unpaired) electrons. The molecule has 94 valence electrons. The molecule has 1 amide bonds. The zero-order valence-electron chi connectivity index (χ0n) is 9.98. The van der Waals surface area contributed by atoms with Gasteiger partial charge in [0.05, 0.1) is 0 Å². The minimum atomic E-state index is -0.348. The van der Waals surface area contributed by atoms with Crippen molar-refractivity contribution in [2.45, 2.75) is 18.9 Å². The van der Waals surface area contributed by atoms with Crippen LogP contribution in [0.2, 0.25) is 0 Å². The summed E-state index contributed by atoms with van der Waals surface area (Å²) in [4.78, 5) is 11.5. The van der Waals surface area contributed by atoms with Crippen LogP contribution in [0.1, 0.15) is 12.8 Å². The predicted molar refractivity (Wildman–Crippen MR) is 73.3 cm³/mol. The molecule has 0 aromatic rings. The minimum absolute atomic E-state index is 0.239. The van der Waals surface area contributed by atoms with Gasteiger partial charge in [-0.3, -0.25) is 0 Å². The number of hydrogen-bond donors (Lipinski definition) is 1. The molecule has 0 bridgehead atoms. The van der Waals surface area contributed by atoms with Gasteiger partial charge in [0.2, 0.25) is 0 Å². The van der Waals surface area contributed by atoms with Crippen LogP contribution in [0, 0.1) is 0 Å². The van der Waals surface area contributed by atoms with Gasteiger partial charge in [0, 0.05) is 6.04 Å². The standard InChI is InChI=1S/C13H19NO2S/c1-3-5-11(4-2)10-16-13(15)14-12-6-8-17-9-7-12/h3-5,12H,1-2,6-10H2,(H,14,15)/b11-5+. The summed E-state index contributed by atoms with van der Waals surface area (Å²) in [5, 5.41) is 2.88. The van der Waals surface area contributed by atoms with Crippen molar-refractivity contribution in [1.29, 1.82) is 0 Å². The zero-order chi connectivity index (χ0) is 12.5. The molecule has 0 aliphatic carbocycles. The molecular formula is C13H19NO2S. The second-order valence-corrected chi connectivity index (χ2v) is 5.01. The van der Waals surface area contributed by atoms with E-state index in [2.05, 4.69) is 18.5 Å². The van der Waals surface area contributed by atoms with Crippen molar-refractivity contribution in [1.82, 2.24) is 5.32 Å². The van der Waals surface area contributed by atoms with Crippen molar-refractivity contribution >= 4 is 17.9 Å². The van der Waals surface area contributed by atoms with Crippen LogP contribution in [-0.4, -0.2) is 30.2 Å². The fraction of sp³-hybridized carbons (Fsp3) is 0.462. The summed E-state index contributed by atoms with van der Waals surface area (Å²) in [6.45, 7) is 7.47. The number of carbonyl (C=O) groups is 1. The first kappa shape index (κ1) is 13.9. The summed E-state index contributed by atoms with van der Waals surface area (Å²) < 4.78 is 5.11. The monoisotopic (exact) mass is 253 g/mol. The molecule has 17 heavy (non-hydrogen) atoms. The molecule has 0 aromatic heterocycles. The highest BCUT2D eigenvalue weighted by Gasteiger charge is 2.16. The van der Waals surface area contributed by atoms with E-state index < -0.39 is 0 Å². The maximum absolute atomic E-state index is 11.5. The average Bonchev–Trinajstić information content (AvgIpc) is 2.35. The van der Waals surface area contributed by atoms with Gasteiger partial charge < -0.3 is 10.1 Å². The van der Waals surface area contributed by atoms with E-state index in [1.54, 1.807) is 18.2 Å². The first-order valence-corrected chi connectivity index (χ1v) is 6.86. The van der Waals surface area contributed by atoms with E-state index in [1.807, 2.05) is 11.8 Å². The van der Waals surface area contributed by atoms with Crippen molar-refractivity contribution in [3.05, 3.63) is 37.0 Å². The summed E-state index contributed by atoms with van der Waals surface area (Å²) in [5.74, 6) is 2.22. The molecule has 0 saturated carbocycles. The molecule has 0 unspecified atom stereocenters. The van der Waals surface area contributed by atoms with E-state index in [1.165, 1.54) is 0 Å². The van der Waals surface area contributed by atoms with Crippen LogP contribution in [0.3, 0.4) is 0 Å². The Morgan fingerprint density at radius 3 is 2.71 bits per heavy atom. The number of carbonyl (C=O) groups excluding carboxylic acids is 1. The Morgan fingerprint density at radius 2 is 2.12 bits per heavy atom. The Bertz CT molecular complexity index is 307. The van der Waals surface area contributed by atoms with E-state index in [-0.39, 0.29) is 18.7 Å². The number of allylic oxidation sites excluding steroid dienone is 2. The van der Waals surface area contributed by atoms with E-state index >= 15 is 0 Å². The first-order valence-electron chi connectivity index (χ1n) is 5.71. The highest BCUT2D eigenvalue weighted by molar-refractivity contribution is 7.99. The third-order valence-corrected chi connectivity index (χ3v) is 3.56. The maximum atomic E-state index is 11.5. The van der Waals surface area contributed by atoms with Crippen LogP contribution >= 0.6 is 11.8 Å². The number of amides is 1. The lowest BCUT2D eigenvalue weighted by atomic mass is 10.2. The SMILES string of the molecule is C=C/C=C(\C=C)COC(=O)NC1CCSCC1. The highest BCUT2D eigenvalue weighted by atomic mass is 32.2. The summed E-state index contributed by atoms with van der Waals surface area (Å²) in [7, 11) is 0. The number of nitrogens with one attached hydrogen (secondary N) is 1. The molecular weight excluding hydrogens is 234 g/mol. The molecule has 0 spiro atoms. The van der Waals surface area contributed by atoms with Gasteiger partial charge in [-0.15, -0.1) is 0 Å². The molecule has 4 heteroatoms. The van der Waals surface area contributed by atoms with Gasteiger partial charge in [-0.25, -0.2) is 4.79 Å². The second-order valence-electron chi connectivity index (χ2n) is 3.79.